The molecule has 2 heterocycles. The Morgan fingerprint density at radius 3 is 2.50 bits per heavy atom. The van der Waals surface area contributed by atoms with E-state index in [1.165, 1.54) is 0 Å². The number of rotatable bonds is 2. The number of alkyl halides is 3. The lowest BCUT2D eigenvalue weighted by Crippen LogP contribution is -2.36. The molecule has 1 N–H and O–H groups in total. The standard InChI is InChI=1S/C10H11F3N2O2S/c11-10(12,13)7-5-18-9(14-7)15-3-1-6(2-4-15)8(16)17/h5-6H,1-4H2,(H,16,17). The minimum Gasteiger partial charge on any atom is -0.481 e. The van der Waals surface area contributed by atoms with E-state index in [2.05, 4.69) is 4.98 Å². The van der Waals surface area contributed by atoms with E-state index in [1.807, 2.05) is 0 Å². The molecule has 0 spiro atoms. The maximum atomic E-state index is 12.4. The van der Waals surface area contributed by atoms with Gasteiger partial charge in [0.25, 0.3) is 0 Å². The predicted octanol–water partition coefficient (Wildman–Crippen LogP) is 2.46. The Balaban J connectivity index is 2.02. The van der Waals surface area contributed by atoms with E-state index in [0.717, 1.165) is 16.7 Å². The first-order chi connectivity index (χ1) is 8.38. The Bertz CT molecular complexity index is 439. The molecule has 0 radical (unpaired) electrons. The molecule has 1 aromatic rings. The molecule has 1 aromatic heterocycles. The second kappa shape index (κ2) is 4.75. The molecule has 0 saturated carbocycles. The van der Waals surface area contributed by atoms with Gasteiger partial charge in [0.1, 0.15) is 0 Å². The van der Waals surface area contributed by atoms with Gasteiger partial charge in [-0.05, 0) is 12.8 Å². The van der Waals surface area contributed by atoms with Gasteiger partial charge in [-0.2, -0.15) is 13.2 Å². The van der Waals surface area contributed by atoms with Gasteiger partial charge in [-0.25, -0.2) is 4.98 Å². The normalized spacial score (nSPS) is 18.1. The molecule has 8 heteroatoms. The molecule has 1 aliphatic rings. The lowest BCUT2D eigenvalue weighted by Gasteiger charge is -2.29. The number of halogens is 3. The van der Waals surface area contributed by atoms with Crippen LogP contribution in [0.3, 0.4) is 0 Å². The number of aromatic nitrogens is 1. The second-order valence-corrected chi connectivity index (χ2v) is 4.95. The van der Waals surface area contributed by atoms with Gasteiger partial charge >= 0.3 is 12.1 Å². The van der Waals surface area contributed by atoms with Crippen molar-refractivity contribution < 1.29 is 23.1 Å². The number of anilines is 1. The van der Waals surface area contributed by atoms with Crippen LogP contribution in [0, 0.1) is 5.92 Å². The SMILES string of the molecule is O=C(O)C1CCN(c2nc(C(F)(F)F)cs2)CC1. The number of carboxylic acids is 1. The molecule has 0 atom stereocenters. The van der Waals surface area contributed by atoms with Crippen LogP contribution in [0.1, 0.15) is 18.5 Å². The summed E-state index contributed by atoms with van der Waals surface area (Å²) in [4.78, 5) is 16.0. The minimum atomic E-state index is -4.42. The summed E-state index contributed by atoms with van der Waals surface area (Å²) in [6.45, 7) is 0.865. The Kier molecular flexibility index (Phi) is 3.47. The molecule has 0 unspecified atom stereocenters. The zero-order valence-corrected chi connectivity index (χ0v) is 10.1. The van der Waals surface area contributed by atoms with Gasteiger partial charge < -0.3 is 10.0 Å². The molecule has 0 aliphatic carbocycles. The third kappa shape index (κ3) is 2.74. The van der Waals surface area contributed by atoms with Crippen LogP contribution in [0.25, 0.3) is 0 Å². The van der Waals surface area contributed by atoms with Gasteiger partial charge in [0.15, 0.2) is 10.8 Å². The van der Waals surface area contributed by atoms with E-state index in [0.29, 0.717) is 31.1 Å². The van der Waals surface area contributed by atoms with Gasteiger partial charge in [-0.3, -0.25) is 4.79 Å². The van der Waals surface area contributed by atoms with Crippen LogP contribution in [0.4, 0.5) is 18.3 Å². The Labute approximate surface area is 105 Å². The van der Waals surface area contributed by atoms with Crippen LogP contribution in [0.2, 0.25) is 0 Å². The number of aliphatic carboxylic acids is 1. The number of thiazole rings is 1. The van der Waals surface area contributed by atoms with Crippen molar-refractivity contribution in [2.24, 2.45) is 5.92 Å². The molecular formula is C10H11F3N2O2S. The van der Waals surface area contributed by atoms with Crippen molar-refractivity contribution in [1.29, 1.82) is 0 Å². The minimum absolute atomic E-state index is 0.311. The average molecular weight is 280 g/mol. The maximum Gasteiger partial charge on any atom is 0.434 e. The molecule has 1 fully saturated rings. The highest BCUT2D eigenvalue weighted by molar-refractivity contribution is 7.13. The highest BCUT2D eigenvalue weighted by Gasteiger charge is 2.35. The fraction of sp³-hybridized carbons (Fsp3) is 0.600. The van der Waals surface area contributed by atoms with E-state index in [-0.39, 0.29) is 0 Å². The number of carboxylic acid groups (broad SMARTS) is 1. The van der Waals surface area contributed by atoms with Crippen LogP contribution >= 0.6 is 11.3 Å². The van der Waals surface area contributed by atoms with Crippen LogP contribution in [0.15, 0.2) is 5.38 Å². The molecule has 2 rings (SSSR count). The van der Waals surface area contributed by atoms with Gasteiger partial charge in [-0.1, -0.05) is 0 Å². The summed E-state index contributed by atoms with van der Waals surface area (Å²) in [6.07, 6.45) is -3.54. The first-order valence-electron chi connectivity index (χ1n) is 5.38. The number of nitrogens with zero attached hydrogens (tertiary/aromatic N) is 2. The Hall–Kier alpha value is -1.31. The molecule has 1 aliphatic heterocycles. The maximum absolute atomic E-state index is 12.4. The zero-order valence-electron chi connectivity index (χ0n) is 9.28. The van der Waals surface area contributed by atoms with Crippen molar-refractivity contribution in [3.63, 3.8) is 0 Å². The molecule has 4 nitrogen and oxygen atoms in total. The first-order valence-corrected chi connectivity index (χ1v) is 6.26. The summed E-state index contributed by atoms with van der Waals surface area (Å²) in [5.74, 6) is -1.24. The van der Waals surface area contributed by atoms with Gasteiger partial charge in [-0.15, -0.1) is 11.3 Å². The topological polar surface area (TPSA) is 53.4 Å². The van der Waals surface area contributed by atoms with Crippen LogP contribution < -0.4 is 4.90 Å². The fourth-order valence-electron chi connectivity index (χ4n) is 1.86. The third-order valence-electron chi connectivity index (χ3n) is 2.90. The Morgan fingerprint density at radius 2 is 2.06 bits per heavy atom. The van der Waals surface area contributed by atoms with E-state index >= 15 is 0 Å². The summed E-state index contributed by atoms with van der Waals surface area (Å²) in [6, 6.07) is 0. The predicted molar refractivity (Wildman–Crippen MR) is 59.7 cm³/mol. The molecule has 1 saturated heterocycles. The van der Waals surface area contributed by atoms with E-state index in [9.17, 15) is 18.0 Å². The van der Waals surface area contributed by atoms with Crippen LogP contribution in [0.5, 0.6) is 0 Å². The molecule has 0 bridgehead atoms. The number of carbonyl (C=O) groups is 1. The summed E-state index contributed by atoms with van der Waals surface area (Å²) in [7, 11) is 0. The van der Waals surface area contributed by atoms with Crippen molar-refractivity contribution >= 4 is 22.4 Å². The van der Waals surface area contributed by atoms with E-state index in [1.54, 1.807) is 4.90 Å². The highest BCUT2D eigenvalue weighted by atomic mass is 32.1. The number of hydrogen-bond acceptors (Lipinski definition) is 4. The van der Waals surface area contributed by atoms with Crippen LogP contribution in [-0.4, -0.2) is 29.1 Å². The lowest BCUT2D eigenvalue weighted by molar-refractivity contribution is -0.142. The molecule has 0 aromatic carbocycles. The average Bonchev–Trinajstić information content (AvgIpc) is 2.78. The second-order valence-electron chi connectivity index (χ2n) is 4.11. The first kappa shape index (κ1) is 13.1. The Morgan fingerprint density at radius 1 is 1.44 bits per heavy atom. The summed E-state index contributed by atoms with van der Waals surface area (Å²) in [5, 5.41) is 10.1. The third-order valence-corrected chi connectivity index (χ3v) is 3.80. The van der Waals surface area contributed by atoms with Crippen molar-refractivity contribution in [2.45, 2.75) is 19.0 Å². The van der Waals surface area contributed by atoms with E-state index < -0.39 is 23.8 Å². The fourth-order valence-corrected chi connectivity index (χ4v) is 2.74. The summed E-state index contributed by atoms with van der Waals surface area (Å²) >= 11 is 0.940. The largest absolute Gasteiger partial charge is 0.481 e. The molecule has 100 valence electrons. The van der Waals surface area contributed by atoms with Gasteiger partial charge in [0.05, 0.1) is 5.92 Å². The molecular weight excluding hydrogens is 269 g/mol. The molecule has 0 amide bonds. The number of hydrogen-bond donors (Lipinski definition) is 1. The summed E-state index contributed by atoms with van der Waals surface area (Å²) < 4.78 is 37.2. The smallest absolute Gasteiger partial charge is 0.434 e. The van der Waals surface area contributed by atoms with E-state index in [4.69, 9.17) is 5.11 Å². The zero-order chi connectivity index (χ0) is 13.3. The highest BCUT2D eigenvalue weighted by Crippen LogP contribution is 2.34. The number of piperidine rings is 1. The van der Waals surface area contributed by atoms with Crippen LogP contribution in [-0.2, 0) is 11.0 Å². The van der Waals surface area contributed by atoms with Crippen molar-refractivity contribution in [3.05, 3.63) is 11.1 Å². The monoisotopic (exact) mass is 280 g/mol. The van der Waals surface area contributed by atoms with Gasteiger partial charge in [0.2, 0.25) is 0 Å². The van der Waals surface area contributed by atoms with Crippen molar-refractivity contribution in [3.8, 4) is 0 Å². The quantitative estimate of drug-likeness (QED) is 0.904. The van der Waals surface area contributed by atoms with Crippen molar-refractivity contribution in [2.75, 3.05) is 18.0 Å². The lowest BCUT2D eigenvalue weighted by atomic mass is 9.98. The van der Waals surface area contributed by atoms with Gasteiger partial charge in [0, 0.05) is 18.5 Å². The van der Waals surface area contributed by atoms with Crippen molar-refractivity contribution in [1.82, 2.24) is 4.98 Å². The molecule has 18 heavy (non-hydrogen) atoms. The summed E-state index contributed by atoms with van der Waals surface area (Å²) in [5.41, 5.74) is -0.886.